The molecule has 8 heteroatoms. The van der Waals surface area contributed by atoms with E-state index < -0.39 is 5.92 Å². The number of carbonyl (C=O) groups excluding carboxylic acids is 2. The lowest BCUT2D eigenvalue weighted by molar-refractivity contribution is -0.166. The van der Waals surface area contributed by atoms with Gasteiger partial charge in [0, 0.05) is 54.6 Å². The van der Waals surface area contributed by atoms with Crippen LogP contribution in [0.1, 0.15) is 38.5 Å². The van der Waals surface area contributed by atoms with E-state index in [4.69, 9.17) is 18.9 Å². The van der Waals surface area contributed by atoms with Crippen LogP contribution >= 0.6 is 0 Å². The number of nitrogens with zero attached hydrogens (tertiary/aromatic N) is 2. The van der Waals surface area contributed by atoms with Gasteiger partial charge in [0.05, 0.1) is 26.4 Å². The summed E-state index contributed by atoms with van der Waals surface area (Å²) in [5, 5.41) is 0. The monoisotopic (exact) mass is 468 g/mol. The van der Waals surface area contributed by atoms with E-state index in [1.165, 1.54) is 19.3 Å². The lowest BCUT2D eigenvalue weighted by Gasteiger charge is -2.59. The normalized spacial score (nSPS) is 27.8. The Bertz CT molecular complexity index is 559. The van der Waals surface area contributed by atoms with E-state index in [2.05, 4.69) is 0 Å². The van der Waals surface area contributed by atoms with Crippen molar-refractivity contribution in [2.24, 2.45) is 29.1 Å². The maximum atomic E-state index is 14.2. The Labute approximate surface area is 199 Å². The van der Waals surface area contributed by atoms with Crippen molar-refractivity contribution in [1.82, 2.24) is 9.80 Å². The van der Waals surface area contributed by atoms with Crippen molar-refractivity contribution in [2.45, 2.75) is 38.5 Å². The minimum atomic E-state index is -0.659. The summed E-state index contributed by atoms with van der Waals surface area (Å²) in [6, 6.07) is 0. The van der Waals surface area contributed by atoms with Crippen molar-refractivity contribution in [2.75, 3.05) is 81.0 Å². The van der Waals surface area contributed by atoms with Gasteiger partial charge in [0.15, 0.2) is 0 Å². The smallest absolute Gasteiger partial charge is 0.235 e. The van der Waals surface area contributed by atoms with Gasteiger partial charge in [-0.15, -0.1) is 0 Å². The SMILES string of the molecule is COCCN(CCOC)C(=O)C(C(=O)N(CCOC)CCOC)C12CC3CC(CC(C3)C1)C2. The van der Waals surface area contributed by atoms with Gasteiger partial charge in [0.25, 0.3) is 0 Å². The van der Waals surface area contributed by atoms with Gasteiger partial charge in [-0.1, -0.05) is 0 Å². The van der Waals surface area contributed by atoms with E-state index in [1.807, 2.05) is 0 Å². The first-order valence-corrected chi connectivity index (χ1v) is 12.5. The van der Waals surface area contributed by atoms with Crippen LogP contribution in [0.2, 0.25) is 0 Å². The highest BCUT2D eigenvalue weighted by molar-refractivity contribution is 6.01. The van der Waals surface area contributed by atoms with E-state index in [-0.39, 0.29) is 17.2 Å². The zero-order valence-corrected chi connectivity index (χ0v) is 21.1. The maximum Gasteiger partial charge on any atom is 0.235 e. The quantitative estimate of drug-likeness (QED) is 0.343. The zero-order valence-electron chi connectivity index (χ0n) is 21.1. The van der Waals surface area contributed by atoms with Crippen molar-refractivity contribution in [3.63, 3.8) is 0 Å². The molecule has 0 unspecified atom stereocenters. The van der Waals surface area contributed by atoms with Crippen LogP contribution in [0.3, 0.4) is 0 Å². The minimum Gasteiger partial charge on any atom is -0.383 e. The molecule has 0 aromatic heterocycles. The molecule has 0 aliphatic heterocycles. The van der Waals surface area contributed by atoms with Crippen LogP contribution in [-0.2, 0) is 28.5 Å². The fourth-order valence-electron chi connectivity index (χ4n) is 7.00. The Hall–Kier alpha value is -1.22. The second-order valence-electron chi connectivity index (χ2n) is 10.3. The molecule has 4 aliphatic carbocycles. The maximum absolute atomic E-state index is 14.2. The average molecular weight is 469 g/mol. The molecule has 0 spiro atoms. The molecule has 33 heavy (non-hydrogen) atoms. The second kappa shape index (κ2) is 12.5. The van der Waals surface area contributed by atoms with Gasteiger partial charge in [-0.3, -0.25) is 9.59 Å². The molecule has 4 aliphatic rings. The zero-order chi connectivity index (χ0) is 23.8. The van der Waals surface area contributed by atoms with Gasteiger partial charge in [-0.25, -0.2) is 0 Å². The molecule has 2 amide bonds. The molecular formula is C25H44N2O6. The summed E-state index contributed by atoms with van der Waals surface area (Å²) in [7, 11) is 6.55. The molecule has 0 aromatic carbocycles. The van der Waals surface area contributed by atoms with Gasteiger partial charge in [-0.2, -0.15) is 0 Å². The lowest BCUT2D eigenvalue weighted by atomic mass is 9.46. The number of rotatable bonds is 15. The van der Waals surface area contributed by atoms with Crippen LogP contribution in [0, 0.1) is 29.1 Å². The molecule has 0 saturated heterocycles. The molecule has 0 heterocycles. The van der Waals surface area contributed by atoms with Crippen LogP contribution < -0.4 is 0 Å². The minimum absolute atomic E-state index is 0.0594. The first kappa shape index (κ1) is 26.4. The topological polar surface area (TPSA) is 77.5 Å². The van der Waals surface area contributed by atoms with Gasteiger partial charge in [-0.05, 0) is 61.7 Å². The summed E-state index contributed by atoms with van der Waals surface area (Å²) >= 11 is 0. The third kappa shape index (κ3) is 6.27. The molecule has 4 saturated carbocycles. The summed E-state index contributed by atoms with van der Waals surface area (Å²) < 4.78 is 21.1. The number of amides is 2. The van der Waals surface area contributed by atoms with Crippen molar-refractivity contribution < 1.29 is 28.5 Å². The van der Waals surface area contributed by atoms with Crippen molar-refractivity contribution >= 4 is 11.8 Å². The van der Waals surface area contributed by atoms with E-state index >= 15 is 0 Å². The van der Waals surface area contributed by atoms with Crippen molar-refractivity contribution in [1.29, 1.82) is 0 Å². The highest BCUT2D eigenvalue weighted by Gasteiger charge is 2.59. The summed E-state index contributed by atoms with van der Waals surface area (Å²) in [5.41, 5.74) is -0.236. The third-order valence-electron chi connectivity index (χ3n) is 8.08. The van der Waals surface area contributed by atoms with Gasteiger partial charge < -0.3 is 28.7 Å². The number of methoxy groups -OCH3 is 4. The van der Waals surface area contributed by atoms with E-state index in [9.17, 15) is 9.59 Å². The summed E-state index contributed by atoms with van der Waals surface area (Å²) in [6.45, 7) is 3.61. The molecule has 4 fully saturated rings. The first-order valence-electron chi connectivity index (χ1n) is 12.5. The highest BCUT2D eigenvalue weighted by Crippen LogP contribution is 2.63. The molecule has 8 nitrogen and oxygen atoms in total. The molecule has 4 rings (SSSR count). The molecular weight excluding hydrogens is 424 g/mol. The fraction of sp³-hybridized carbons (Fsp3) is 0.920. The van der Waals surface area contributed by atoms with Crippen LogP contribution in [0.15, 0.2) is 0 Å². The van der Waals surface area contributed by atoms with Crippen LogP contribution in [0.5, 0.6) is 0 Å². The lowest BCUT2D eigenvalue weighted by Crippen LogP contribution is -2.59. The standard InChI is InChI=1S/C25H44N2O6/c1-30-9-5-26(6-10-31-2)23(28)22(24(29)27(7-11-32-3)8-12-33-4)25-16-19-13-20(17-25)15-21(14-19)18-25/h19-22H,5-18H2,1-4H3. The predicted octanol–water partition coefficient (Wildman–Crippen LogP) is 2.06. The van der Waals surface area contributed by atoms with Gasteiger partial charge >= 0.3 is 0 Å². The summed E-state index contributed by atoms with van der Waals surface area (Å²) in [6.07, 6.45) is 6.78. The van der Waals surface area contributed by atoms with Crippen LogP contribution in [0.4, 0.5) is 0 Å². The molecule has 190 valence electrons. The summed E-state index contributed by atoms with van der Waals surface area (Å²) in [4.78, 5) is 31.9. The Morgan fingerprint density at radius 1 is 0.667 bits per heavy atom. The molecule has 4 bridgehead atoms. The van der Waals surface area contributed by atoms with Gasteiger partial charge in [0.2, 0.25) is 11.8 Å². The summed E-state index contributed by atoms with van der Waals surface area (Å²) in [5.74, 6) is 1.17. The Kier molecular flexibility index (Phi) is 9.97. The van der Waals surface area contributed by atoms with E-state index in [1.54, 1.807) is 38.2 Å². The molecule has 0 N–H and O–H groups in total. The predicted molar refractivity (Wildman–Crippen MR) is 125 cm³/mol. The van der Waals surface area contributed by atoms with Crippen LogP contribution in [-0.4, -0.2) is 103 Å². The van der Waals surface area contributed by atoms with Crippen molar-refractivity contribution in [3.05, 3.63) is 0 Å². The average Bonchev–Trinajstić information content (AvgIpc) is 2.78. The largest absolute Gasteiger partial charge is 0.383 e. The first-order chi connectivity index (χ1) is 16.0. The number of hydrogen-bond acceptors (Lipinski definition) is 6. The number of hydrogen-bond donors (Lipinski definition) is 0. The fourth-order valence-corrected chi connectivity index (χ4v) is 7.00. The molecule has 0 radical (unpaired) electrons. The molecule has 0 aromatic rings. The number of ether oxygens (including phenoxy) is 4. The van der Waals surface area contributed by atoms with E-state index in [0.717, 1.165) is 19.3 Å². The van der Waals surface area contributed by atoms with Crippen molar-refractivity contribution in [3.8, 4) is 0 Å². The Morgan fingerprint density at radius 3 is 1.24 bits per heavy atom. The van der Waals surface area contributed by atoms with E-state index in [0.29, 0.717) is 70.4 Å². The highest BCUT2D eigenvalue weighted by atomic mass is 16.5. The molecule has 0 atom stereocenters. The Balaban J connectivity index is 1.92. The second-order valence-corrected chi connectivity index (χ2v) is 10.3. The Morgan fingerprint density at radius 2 is 0.970 bits per heavy atom. The number of carbonyl (C=O) groups is 2. The van der Waals surface area contributed by atoms with Gasteiger partial charge in [0.1, 0.15) is 5.92 Å². The van der Waals surface area contributed by atoms with Crippen LogP contribution in [0.25, 0.3) is 0 Å². The third-order valence-corrected chi connectivity index (χ3v) is 8.08.